The van der Waals surface area contributed by atoms with Gasteiger partial charge in [-0.3, -0.25) is 4.79 Å². The number of aromatic nitrogens is 2. The first kappa shape index (κ1) is 16.5. The van der Waals surface area contributed by atoms with Crippen LogP contribution in [0.1, 0.15) is 12.0 Å². The Morgan fingerprint density at radius 1 is 1.55 bits per heavy atom. The normalized spacial score (nSPS) is 12.1. The van der Waals surface area contributed by atoms with Gasteiger partial charge in [-0.15, -0.1) is 0 Å². The predicted molar refractivity (Wildman–Crippen MR) is 86.3 cm³/mol. The molecule has 0 saturated heterocycles. The van der Waals surface area contributed by atoms with Crippen LogP contribution in [0.4, 0.5) is 4.39 Å². The molecule has 0 spiro atoms. The first-order chi connectivity index (χ1) is 10.6. The topological polar surface area (TPSA) is 72.9 Å². The lowest BCUT2D eigenvalue weighted by molar-refractivity contribution is -0.122. The second kappa shape index (κ2) is 7.95. The Morgan fingerprint density at radius 2 is 2.36 bits per heavy atom. The standard InChI is InChI=1S/C15H19FN4OS/c1-22-7-4-13(17)15(21)19-9-11-2-3-14(12(16)8-11)20-6-5-18-10-20/h2-3,5-6,8,10,13H,4,7,9,17H2,1H3,(H,19,21)/t13-/m0/s1. The largest absolute Gasteiger partial charge is 0.351 e. The highest BCUT2D eigenvalue weighted by atomic mass is 32.2. The summed E-state index contributed by atoms with van der Waals surface area (Å²) in [5.41, 5.74) is 6.88. The number of carbonyl (C=O) groups is 1. The summed E-state index contributed by atoms with van der Waals surface area (Å²) in [4.78, 5) is 15.7. The maximum absolute atomic E-state index is 14.1. The van der Waals surface area contributed by atoms with Gasteiger partial charge in [-0.1, -0.05) is 6.07 Å². The van der Waals surface area contributed by atoms with Gasteiger partial charge in [-0.25, -0.2) is 9.37 Å². The van der Waals surface area contributed by atoms with Gasteiger partial charge in [-0.05, 0) is 36.1 Å². The lowest BCUT2D eigenvalue weighted by atomic mass is 10.1. The molecule has 0 unspecified atom stereocenters. The number of nitrogens with two attached hydrogens (primary N) is 1. The smallest absolute Gasteiger partial charge is 0.237 e. The molecule has 1 heterocycles. The maximum atomic E-state index is 14.1. The van der Waals surface area contributed by atoms with Crippen molar-refractivity contribution in [1.29, 1.82) is 0 Å². The molecule has 2 aromatic rings. The minimum atomic E-state index is -0.525. The van der Waals surface area contributed by atoms with Crippen molar-refractivity contribution in [3.63, 3.8) is 0 Å². The highest BCUT2D eigenvalue weighted by Crippen LogP contribution is 2.15. The van der Waals surface area contributed by atoms with Gasteiger partial charge in [0, 0.05) is 18.9 Å². The molecule has 0 radical (unpaired) electrons. The number of halogens is 1. The van der Waals surface area contributed by atoms with E-state index in [2.05, 4.69) is 10.3 Å². The molecule has 118 valence electrons. The number of hydrogen-bond acceptors (Lipinski definition) is 4. The number of imidazole rings is 1. The van der Waals surface area contributed by atoms with Gasteiger partial charge in [0.05, 0.1) is 18.1 Å². The SMILES string of the molecule is CSCC[C@H](N)C(=O)NCc1ccc(-n2ccnc2)c(F)c1. The molecule has 22 heavy (non-hydrogen) atoms. The zero-order chi connectivity index (χ0) is 15.9. The van der Waals surface area contributed by atoms with Gasteiger partial charge in [0.1, 0.15) is 5.82 Å². The molecule has 0 fully saturated rings. The van der Waals surface area contributed by atoms with E-state index in [0.717, 1.165) is 5.75 Å². The van der Waals surface area contributed by atoms with E-state index in [9.17, 15) is 9.18 Å². The van der Waals surface area contributed by atoms with Crippen molar-refractivity contribution in [2.75, 3.05) is 12.0 Å². The first-order valence-electron chi connectivity index (χ1n) is 6.91. The van der Waals surface area contributed by atoms with Crippen molar-refractivity contribution in [2.24, 2.45) is 5.73 Å². The fraction of sp³-hybridized carbons (Fsp3) is 0.333. The molecular weight excluding hydrogens is 303 g/mol. The summed E-state index contributed by atoms with van der Waals surface area (Å²) >= 11 is 1.65. The van der Waals surface area contributed by atoms with E-state index in [1.807, 2.05) is 6.26 Å². The molecule has 3 N–H and O–H groups in total. The average molecular weight is 322 g/mol. The van der Waals surface area contributed by atoms with Gasteiger partial charge in [0.25, 0.3) is 0 Å². The zero-order valence-corrected chi connectivity index (χ0v) is 13.1. The molecule has 0 bridgehead atoms. The summed E-state index contributed by atoms with van der Waals surface area (Å²) in [6.07, 6.45) is 7.38. The van der Waals surface area contributed by atoms with Gasteiger partial charge >= 0.3 is 0 Å². The van der Waals surface area contributed by atoms with Crippen molar-refractivity contribution in [1.82, 2.24) is 14.9 Å². The number of hydrogen-bond donors (Lipinski definition) is 2. The third-order valence-electron chi connectivity index (χ3n) is 3.23. The number of carbonyl (C=O) groups excluding carboxylic acids is 1. The number of thioether (sulfide) groups is 1. The molecule has 1 atom stereocenters. The Morgan fingerprint density at radius 3 is 3.00 bits per heavy atom. The number of benzene rings is 1. The van der Waals surface area contributed by atoms with Crippen molar-refractivity contribution >= 4 is 17.7 Å². The molecule has 1 amide bonds. The van der Waals surface area contributed by atoms with Crippen LogP contribution in [0.3, 0.4) is 0 Å². The van der Waals surface area contributed by atoms with Crippen LogP contribution >= 0.6 is 11.8 Å². The van der Waals surface area contributed by atoms with Crippen LogP contribution in [0.2, 0.25) is 0 Å². The molecule has 1 aromatic heterocycles. The summed E-state index contributed by atoms with van der Waals surface area (Å²) in [6, 6.07) is 4.31. The Bertz CT molecular complexity index is 618. The molecular formula is C15H19FN4OS. The molecule has 2 rings (SSSR count). The second-order valence-corrected chi connectivity index (χ2v) is 5.85. The highest BCUT2D eigenvalue weighted by molar-refractivity contribution is 7.98. The van der Waals surface area contributed by atoms with Crippen LogP contribution in [-0.2, 0) is 11.3 Å². The highest BCUT2D eigenvalue weighted by Gasteiger charge is 2.13. The quantitative estimate of drug-likeness (QED) is 0.814. The van der Waals surface area contributed by atoms with Crippen molar-refractivity contribution < 1.29 is 9.18 Å². The van der Waals surface area contributed by atoms with Gasteiger partial charge in [0.2, 0.25) is 5.91 Å². The monoisotopic (exact) mass is 322 g/mol. The Kier molecular flexibility index (Phi) is 5.97. The molecule has 1 aromatic carbocycles. The van der Waals surface area contributed by atoms with Crippen LogP contribution in [0, 0.1) is 5.82 Å². The Labute approximate surface area is 133 Å². The Balaban J connectivity index is 1.94. The fourth-order valence-corrected chi connectivity index (χ4v) is 2.46. The van der Waals surface area contributed by atoms with E-state index in [4.69, 9.17) is 5.73 Å². The van der Waals surface area contributed by atoms with Crippen LogP contribution in [-0.4, -0.2) is 33.5 Å². The van der Waals surface area contributed by atoms with E-state index in [1.165, 1.54) is 12.4 Å². The van der Waals surface area contributed by atoms with E-state index in [-0.39, 0.29) is 18.3 Å². The predicted octanol–water partition coefficient (Wildman–Crippen LogP) is 1.71. The number of nitrogens with one attached hydrogen (secondary N) is 1. The van der Waals surface area contributed by atoms with Crippen LogP contribution < -0.4 is 11.1 Å². The zero-order valence-electron chi connectivity index (χ0n) is 12.3. The third kappa shape index (κ3) is 4.32. The summed E-state index contributed by atoms with van der Waals surface area (Å²) in [5.74, 6) is 0.257. The van der Waals surface area contributed by atoms with E-state index >= 15 is 0 Å². The van der Waals surface area contributed by atoms with E-state index in [1.54, 1.807) is 40.9 Å². The van der Waals surface area contributed by atoms with Crippen molar-refractivity contribution in [3.8, 4) is 5.69 Å². The summed E-state index contributed by atoms with van der Waals surface area (Å²) in [5, 5.41) is 2.73. The minimum Gasteiger partial charge on any atom is -0.351 e. The third-order valence-corrected chi connectivity index (χ3v) is 3.88. The molecule has 0 saturated carbocycles. The molecule has 5 nitrogen and oxygen atoms in total. The molecule has 7 heteroatoms. The van der Waals surface area contributed by atoms with Crippen molar-refractivity contribution in [2.45, 2.75) is 19.0 Å². The number of amides is 1. The summed E-state index contributed by atoms with van der Waals surface area (Å²) in [6.45, 7) is 0.257. The van der Waals surface area contributed by atoms with Crippen LogP contribution in [0.5, 0.6) is 0 Å². The van der Waals surface area contributed by atoms with Crippen LogP contribution in [0.15, 0.2) is 36.9 Å². The lowest BCUT2D eigenvalue weighted by Crippen LogP contribution is -2.40. The fourth-order valence-electron chi connectivity index (χ4n) is 1.97. The van der Waals surface area contributed by atoms with E-state index < -0.39 is 6.04 Å². The summed E-state index contributed by atoms with van der Waals surface area (Å²) in [7, 11) is 0. The number of nitrogens with zero attached hydrogens (tertiary/aromatic N) is 2. The molecule has 0 aliphatic rings. The van der Waals surface area contributed by atoms with E-state index in [0.29, 0.717) is 17.7 Å². The Hall–Kier alpha value is -1.86. The van der Waals surface area contributed by atoms with Gasteiger partial charge in [0.15, 0.2) is 0 Å². The number of rotatable bonds is 7. The maximum Gasteiger partial charge on any atom is 0.237 e. The molecule has 0 aliphatic carbocycles. The van der Waals surface area contributed by atoms with Crippen LogP contribution in [0.25, 0.3) is 5.69 Å². The average Bonchev–Trinajstić information content (AvgIpc) is 3.04. The minimum absolute atomic E-state index is 0.215. The summed E-state index contributed by atoms with van der Waals surface area (Å²) < 4.78 is 15.7. The van der Waals surface area contributed by atoms with Crippen molar-refractivity contribution in [3.05, 3.63) is 48.3 Å². The lowest BCUT2D eigenvalue weighted by Gasteiger charge is -2.12. The first-order valence-corrected chi connectivity index (χ1v) is 8.30. The molecule has 0 aliphatic heterocycles. The second-order valence-electron chi connectivity index (χ2n) is 4.86. The van der Waals surface area contributed by atoms with Gasteiger partial charge < -0.3 is 15.6 Å². The van der Waals surface area contributed by atoms with Gasteiger partial charge in [-0.2, -0.15) is 11.8 Å².